The van der Waals surface area contributed by atoms with Gasteiger partial charge in [0.1, 0.15) is 17.5 Å². The van der Waals surface area contributed by atoms with Crippen molar-refractivity contribution in [3.05, 3.63) is 23.3 Å². The second-order valence-corrected chi connectivity index (χ2v) is 8.65. The average Bonchev–Trinajstić information content (AvgIpc) is 2.73. The molecule has 0 saturated carbocycles. The van der Waals surface area contributed by atoms with E-state index in [0.717, 1.165) is 37.4 Å². The number of ketones is 1. The number of ether oxygens (including phenoxy) is 2. The zero-order valence-electron chi connectivity index (χ0n) is 17.5. The van der Waals surface area contributed by atoms with E-state index in [-0.39, 0.29) is 23.8 Å². The van der Waals surface area contributed by atoms with Crippen molar-refractivity contribution in [1.29, 1.82) is 0 Å². The molecule has 1 aliphatic rings. The zero-order valence-corrected chi connectivity index (χ0v) is 19.1. The number of allylic oxidation sites excluding steroid dienone is 3. The SMILES string of the molecule is CC(=O)O[C@@H]1CCC(=CCBr)CO[C@@]1(C)CCCC(C)C(=O)CC=C(C)C. The van der Waals surface area contributed by atoms with Gasteiger partial charge in [-0.1, -0.05) is 40.6 Å². The normalized spacial score (nSPS) is 25.6. The van der Waals surface area contributed by atoms with Crippen LogP contribution in [0.25, 0.3) is 0 Å². The highest BCUT2D eigenvalue weighted by atomic mass is 79.9. The Labute approximate surface area is 172 Å². The van der Waals surface area contributed by atoms with Crippen LogP contribution in [0.4, 0.5) is 0 Å². The second kappa shape index (κ2) is 11.8. The molecule has 0 aromatic heterocycles. The molecule has 1 aliphatic heterocycles. The molecule has 0 aromatic carbocycles. The number of carbonyl (C=O) groups excluding carboxylic acids is 2. The summed E-state index contributed by atoms with van der Waals surface area (Å²) in [6.07, 6.45) is 8.47. The van der Waals surface area contributed by atoms with Gasteiger partial charge in [0.05, 0.1) is 6.61 Å². The van der Waals surface area contributed by atoms with Crippen molar-refractivity contribution < 1.29 is 19.1 Å². The molecule has 0 aromatic rings. The molecule has 0 radical (unpaired) electrons. The third-order valence-corrected chi connectivity index (χ3v) is 5.57. The lowest BCUT2D eigenvalue weighted by atomic mass is 9.87. The van der Waals surface area contributed by atoms with Crippen LogP contribution in [0.15, 0.2) is 23.3 Å². The summed E-state index contributed by atoms with van der Waals surface area (Å²) in [5.74, 6) is 0.0428. The van der Waals surface area contributed by atoms with Crippen molar-refractivity contribution in [2.75, 3.05) is 11.9 Å². The molecule has 27 heavy (non-hydrogen) atoms. The molecule has 5 heteroatoms. The topological polar surface area (TPSA) is 52.6 Å². The van der Waals surface area contributed by atoms with Crippen molar-refractivity contribution >= 4 is 27.7 Å². The Balaban J connectivity index is 2.68. The van der Waals surface area contributed by atoms with Gasteiger partial charge >= 0.3 is 5.97 Å². The second-order valence-electron chi connectivity index (χ2n) is 8.00. The molecule has 4 nitrogen and oxygen atoms in total. The Morgan fingerprint density at radius 3 is 2.67 bits per heavy atom. The summed E-state index contributed by atoms with van der Waals surface area (Å²) < 4.78 is 11.8. The molecule has 3 atom stereocenters. The van der Waals surface area contributed by atoms with E-state index < -0.39 is 5.60 Å². The maximum absolute atomic E-state index is 12.2. The van der Waals surface area contributed by atoms with E-state index in [1.54, 1.807) is 0 Å². The number of alkyl halides is 1. The summed E-state index contributed by atoms with van der Waals surface area (Å²) in [6.45, 7) is 10.1. The van der Waals surface area contributed by atoms with Gasteiger partial charge in [0.2, 0.25) is 0 Å². The first kappa shape index (κ1) is 24.1. The van der Waals surface area contributed by atoms with Crippen LogP contribution >= 0.6 is 15.9 Å². The number of rotatable bonds is 9. The van der Waals surface area contributed by atoms with Crippen LogP contribution in [0.1, 0.15) is 73.1 Å². The van der Waals surface area contributed by atoms with Gasteiger partial charge in [0.25, 0.3) is 0 Å². The predicted octanol–water partition coefficient (Wildman–Crippen LogP) is 5.54. The van der Waals surface area contributed by atoms with Gasteiger partial charge in [-0.3, -0.25) is 9.59 Å². The molecule has 1 rings (SSSR count). The van der Waals surface area contributed by atoms with Crippen molar-refractivity contribution in [2.24, 2.45) is 5.92 Å². The molecule has 0 amide bonds. The Kier molecular flexibility index (Phi) is 10.5. The summed E-state index contributed by atoms with van der Waals surface area (Å²) >= 11 is 3.43. The van der Waals surface area contributed by atoms with E-state index in [4.69, 9.17) is 9.47 Å². The third kappa shape index (κ3) is 8.73. The highest BCUT2D eigenvalue weighted by Gasteiger charge is 2.39. The van der Waals surface area contributed by atoms with E-state index in [9.17, 15) is 9.59 Å². The number of hydrogen-bond acceptors (Lipinski definition) is 4. The lowest BCUT2D eigenvalue weighted by molar-refractivity contribution is -0.167. The van der Waals surface area contributed by atoms with E-state index in [1.165, 1.54) is 18.1 Å². The maximum atomic E-state index is 12.2. The van der Waals surface area contributed by atoms with Gasteiger partial charge in [0.15, 0.2) is 0 Å². The van der Waals surface area contributed by atoms with Crippen LogP contribution in [0.2, 0.25) is 0 Å². The fraction of sp³-hybridized carbons (Fsp3) is 0.727. The van der Waals surface area contributed by atoms with E-state index in [0.29, 0.717) is 13.0 Å². The minimum absolute atomic E-state index is 0.0333. The number of halogens is 1. The molecule has 1 heterocycles. The average molecular weight is 443 g/mol. The minimum atomic E-state index is -0.518. The van der Waals surface area contributed by atoms with E-state index in [2.05, 4.69) is 22.0 Å². The molecule has 0 spiro atoms. The fourth-order valence-electron chi connectivity index (χ4n) is 3.36. The van der Waals surface area contributed by atoms with Gasteiger partial charge in [-0.2, -0.15) is 0 Å². The van der Waals surface area contributed by atoms with Crippen LogP contribution in [-0.2, 0) is 19.1 Å². The molecule has 1 unspecified atom stereocenters. The molecule has 0 aliphatic carbocycles. The Hall–Kier alpha value is -0.940. The molecular weight excluding hydrogens is 408 g/mol. The van der Waals surface area contributed by atoms with Crippen molar-refractivity contribution in [3.8, 4) is 0 Å². The Morgan fingerprint density at radius 2 is 2.07 bits per heavy atom. The van der Waals surface area contributed by atoms with Gasteiger partial charge in [-0.25, -0.2) is 0 Å². The van der Waals surface area contributed by atoms with E-state index >= 15 is 0 Å². The summed E-state index contributed by atoms with van der Waals surface area (Å²) in [5, 5.41) is 0.798. The van der Waals surface area contributed by atoms with E-state index in [1.807, 2.05) is 33.8 Å². The summed E-state index contributed by atoms with van der Waals surface area (Å²) in [6, 6.07) is 0. The molecular formula is C22H35BrO4. The molecule has 0 N–H and O–H groups in total. The third-order valence-electron chi connectivity index (χ3n) is 5.24. The van der Waals surface area contributed by atoms with Crippen LogP contribution < -0.4 is 0 Å². The van der Waals surface area contributed by atoms with Gasteiger partial charge in [-0.05, 0) is 58.4 Å². The number of esters is 1. The standard InChI is InChI=1S/C22H35BrO4/c1-16(2)8-10-20(25)17(3)7-6-13-22(5)21(27-18(4)24)11-9-19(12-14-23)15-26-22/h8,12,17,21H,6-7,9-11,13-15H2,1-5H3/t17?,21-,22+/m1/s1. The quantitative estimate of drug-likeness (QED) is 0.267. The van der Waals surface area contributed by atoms with Crippen molar-refractivity contribution in [1.82, 2.24) is 0 Å². The number of Topliss-reactive ketones (excluding diaryl/α,β-unsaturated/α-hetero) is 1. The first-order valence-corrected chi connectivity index (χ1v) is 11.0. The van der Waals surface area contributed by atoms with Crippen LogP contribution in [-0.4, -0.2) is 35.4 Å². The van der Waals surface area contributed by atoms with Crippen LogP contribution in [0, 0.1) is 5.92 Å². The van der Waals surface area contributed by atoms with Gasteiger partial charge in [-0.15, -0.1) is 0 Å². The Bertz CT molecular complexity index is 563. The van der Waals surface area contributed by atoms with Crippen LogP contribution in [0.5, 0.6) is 0 Å². The maximum Gasteiger partial charge on any atom is 0.303 e. The first-order valence-electron chi connectivity index (χ1n) is 9.89. The smallest absolute Gasteiger partial charge is 0.303 e. The minimum Gasteiger partial charge on any atom is -0.459 e. The van der Waals surface area contributed by atoms with Crippen molar-refractivity contribution in [3.63, 3.8) is 0 Å². The van der Waals surface area contributed by atoms with Crippen molar-refractivity contribution in [2.45, 2.75) is 84.8 Å². The largest absolute Gasteiger partial charge is 0.459 e. The zero-order chi connectivity index (χ0) is 20.4. The molecule has 0 bridgehead atoms. The lowest BCUT2D eigenvalue weighted by Gasteiger charge is -2.35. The van der Waals surface area contributed by atoms with Gasteiger partial charge < -0.3 is 9.47 Å². The number of hydrogen-bond donors (Lipinski definition) is 0. The Morgan fingerprint density at radius 1 is 1.37 bits per heavy atom. The lowest BCUT2D eigenvalue weighted by Crippen LogP contribution is -2.43. The summed E-state index contributed by atoms with van der Waals surface area (Å²) in [4.78, 5) is 23.8. The highest BCUT2D eigenvalue weighted by molar-refractivity contribution is 9.09. The highest BCUT2D eigenvalue weighted by Crippen LogP contribution is 2.34. The van der Waals surface area contributed by atoms with Gasteiger partial charge in [0, 0.05) is 24.6 Å². The fourth-order valence-corrected chi connectivity index (χ4v) is 3.82. The van der Waals surface area contributed by atoms with Crippen LogP contribution in [0.3, 0.4) is 0 Å². The molecule has 154 valence electrons. The molecule has 1 saturated heterocycles. The monoisotopic (exact) mass is 442 g/mol. The predicted molar refractivity (Wildman–Crippen MR) is 113 cm³/mol. The first-order chi connectivity index (χ1) is 12.7. The summed E-state index contributed by atoms with van der Waals surface area (Å²) in [5.41, 5.74) is 1.89. The molecule has 1 fully saturated rings. The number of carbonyl (C=O) groups is 2. The summed E-state index contributed by atoms with van der Waals surface area (Å²) in [7, 11) is 0.